The number of benzene rings is 1. The lowest BCUT2D eigenvalue weighted by molar-refractivity contribution is 0.0713. The summed E-state index contributed by atoms with van der Waals surface area (Å²) in [5, 5.41) is 0. The normalized spacial score (nSPS) is 12.9. The molecule has 0 unspecified atom stereocenters. The fraction of sp³-hybridized carbons (Fsp3) is 0.211. The number of para-hydroxylation sites is 1. The second-order valence-electron chi connectivity index (χ2n) is 6.14. The molecule has 7 nitrogen and oxygen atoms in total. The van der Waals surface area contributed by atoms with Gasteiger partial charge in [-0.2, -0.15) is 0 Å². The van der Waals surface area contributed by atoms with Crippen LogP contribution < -0.4 is 10.3 Å². The van der Waals surface area contributed by atoms with Crippen LogP contribution >= 0.6 is 0 Å². The van der Waals surface area contributed by atoms with E-state index in [1.54, 1.807) is 43.1 Å². The molecule has 1 aromatic carbocycles. The van der Waals surface area contributed by atoms with E-state index in [0.29, 0.717) is 29.4 Å². The van der Waals surface area contributed by atoms with Crippen LogP contribution in [-0.4, -0.2) is 20.4 Å². The maximum atomic E-state index is 12.7. The van der Waals surface area contributed by atoms with Gasteiger partial charge in [-0.3, -0.25) is 14.2 Å². The summed E-state index contributed by atoms with van der Waals surface area (Å²) in [6.07, 6.45) is 0. The first-order chi connectivity index (χ1) is 12.5. The molecule has 132 valence electrons. The summed E-state index contributed by atoms with van der Waals surface area (Å²) in [6, 6.07) is 12.3. The predicted molar refractivity (Wildman–Crippen MR) is 93.0 cm³/mol. The van der Waals surface area contributed by atoms with Gasteiger partial charge in [0.15, 0.2) is 5.76 Å². The predicted octanol–water partition coefficient (Wildman–Crippen LogP) is 2.63. The summed E-state index contributed by atoms with van der Waals surface area (Å²) in [4.78, 5) is 31.0. The number of hydrogen-bond acceptors (Lipinski definition) is 5. The van der Waals surface area contributed by atoms with Crippen molar-refractivity contribution in [2.24, 2.45) is 7.05 Å². The molecule has 0 aliphatic carbocycles. The number of nitrogens with zero attached hydrogens (tertiary/aromatic N) is 3. The summed E-state index contributed by atoms with van der Waals surface area (Å²) < 4.78 is 12.6. The summed E-state index contributed by atoms with van der Waals surface area (Å²) in [5.41, 5.74) is 1.08. The monoisotopic (exact) mass is 351 g/mol. The van der Waals surface area contributed by atoms with Crippen molar-refractivity contribution in [3.8, 4) is 11.7 Å². The van der Waals surface area contributed by atoms with E-state index in [-0.39, 0.29) is 29.7 Å². The van der Waals surface area contributed by atoms with Gasteiger partial charge in [-0.1, -0.05) is 18.2 Å². The van der Waals surface area contributed by atoms with Crippen molar-refractivity contribution in [3.63, 3.8) is 0 Å². The summed E-state index contributed by atoms with van der Waals surface area (Å²) in [7, 11) is 1.68. The van der Waals surface area contributed by atoms with Crippen molar-refractivity contribution in [2.45, 2.75) is 20.0 Å². The van der Waals surface area contributed by atoms with E-state index in [1.165, 1.54) is 4.57 Å². The third-order valence-corrected chi connectivity index (χ3v) is 4.42. The van der Waals surface area contributed by atoms with E-state index < -0.39 is 0 Å². The van der Waals surface area contributed by atoms with E-state index >= 15 is 0 Å². The molecule has 1 aliphatic rings. The Morgan fingerprint density at radius 2 is 1.92 bits per heavy atom. The fourth-order valence-electron chi connectivity index (χ4n) is 2.92. The molecule has 4 rings (SSSR count). The Kier molecular flexibility index (Phi) is 3.84. The smallest absolute Gasteiger partial charge is 0.290 e. The first-order valence-corrected chi connectivity index (χ1v) is 8.20. The minimum absolute atomic E-state index is 0.115. The minimum atomic E-state index is -0.300. The molecule has 0 bridgehead atoms. The maximum absolute atomic E-state index is 12.7. The van der Waals surface area contributed by atoms with Crippen molar-refractivity contribution >= 4 is 5.91 Å². The molecular weight excluding hydrogens is 334 g/mol. The highest BCUT2D eigenvalue weighted by Crippen LogP contribution is 2.26. The first-order valence-electron chi connectivity index (χ1n) is 8.20. The average molecular weight is 351 g/mol. The number of amides is 1. The zero-order chi connectivity index (χ0) is 18.3. The summed E-state index contributed by atoms with van der Waals surface area (Å²) >= 11 is 0. The van der Waals surface area contributed by atoms with Crippen molar-refractivity contribution < 1.29 is 13.9 Å². The van der Waals surface area contributed by atoms with Crippen LogP contribution in [0.15, 0.2) is 51.7 Å². The Balaban J connectivity index is 1.53. The van der Waals surface area contributed by atoms with Gasteiger partial charge in [0, 0.05) is 13.1 Å². The topological polar surface area (TPSA) is 77.6 Å². The van der Waals surface area contributed by atoms with Crippen LogP contribution in [0.1, 0.15) is 27.6 Å². The van der Waals surface area contributed by atoms with Crippen LogP contribution in [0, 0.1) is 6.92 Å². The number of aromatic nitrogens is 2. The second kappa shape index (κ2) is 6.18. The van der Waals surface area contributed by atoms with Crippen molar-refractivity contribution in [1.29, 1.82) is 0 Å². The molecule has 0 atom stereocenters. The van der Waals surface area contributed by atoms with Gasteiger partial charge in [0.2, 0.25) is 0 Å². The average Bonchev–Trinajstić information content (AvgIpc) is 3.27. The van der Waals surface area contributed by atoms with Gasteiger partial charge in [0.25, 0.3) is 17.4 Å². The first kappa shape index (κ1) is 16.1. The Morgan fingerprint density at radius 3 is 2.69 bits per heavy atom. The number of rotatable bonds is 3. The van der Waals surface area contributed by atoms with Crippen LogP contribution in [-0.2, 0) is 20.1 Å². The van der Waals surface area contributed by atoms with Crippen LogP contribution in [0.25, 0.3) is 0 Å². The number of carbonyl (C=O) groups is 1. The quantitative estimate of drug-likeness (QED) is 0.725. The molecule has 0 saturated heterocycles. The molecular formula is C19H17N3O4. The van der Waals surface area contributed by atoms with Gasteiger partial charge in [0.1, 0.15) is 11.6 Å². The lowest BCUT2D eigenvalue weighted by atomic mass is 10.2. The molecule has 7 heteroatoms. The largest absolute Gasteiger partial charge is 0.426 e. The zero-order valence-electron chi connectivity index (χ0n) is 14.4. The van der Waals surface area contributed by atoms with Crippen LogP contribution in [0.2, 0.25) is 0 Å². The van der Waals surface area contributed by atoms with E-state index in [4.69, 9.17) is 9.15 Å². The number of aryl methyl sites for hydroxylation is 1. The number of fused-ring (bicyclic) bond motifs is 1. The number of ether oxygens (including phenoxy) is 1. The van der Waals surface area contributed by atoms with Gasteiger partial charge in [-0.05, 0) is 25.1 Å². The highest BCUT2D eigenvalue weighted by Gasteiger charge is 2.30. The maximum Gasteiger partial charge on any atom is 0.290 e. The van der Waals surface area contributed by atoms with Gasteiger partial charge in [-0.25, -0.2) is 4.98 Å². The molecule has 3 heterocycles. The highest BCUT2D eigenvalue weighted by atomic mass is 16.6. The van der Waals surface area contributed by atoms with Crippen molar-refractivity contribution in [1.82, 2.24) is 14.5 Å². The van der Waals surface area contributed by atoms with Crippen LogP contribution in [0.3, 0.4) is 0 Å². The zero-order valence-corrected chi connectivity index (χ0v) is 14.4. The van der Waals surface area contributed by atoms with E-state index in [0.717, 1.165) is 0 Å². The third kappa shape index (κ3) is 2.77. The number of carbonyl (C=O) groups excluding carboxylic acids is 1. The Labute approximate surface area is 149 Å². The van der Waals surface area contributed by atoms with Crippen LogP contribution in [0.5, 0.6) is 11.7 Å². The summed E-state index contributed by atoms with van der Waals surface area (Å²) in [5.74, 6) is 1.35. The molecule has 0 radical (unpaired) electrons. The van der Waals surface area contributed by atoms with E-state index in [1.807, 2.05) is 18.2 Å². The fourth-order valence-corrected chi connectivity index (χ4v) is 2.92. The molecule has 1 amide bonds. The van der Waals surface area contributed by atoms with Gasteiger partial charge < -0.3 is 14.1 Å². The summed E-state index contributed by atoms with van der Waals surface area (Å²) in [6.45, 7) is 2.29. The SMILES string of the molecule is Cc1nc2c(c(=O)n1C)CN(C(=O)c1ccc(Oc3ccccc3)o1)C2. The third-order valence-electron chi connectivity index (χ3n) is 4.42. The standard InChI is InChI=1S/C19H17N3O4/c1-12-20-15-11-22(10-14(15)18(23)21(12)2)19(24)16-8-9-17(26-16)25-13-6-4-3-5-7-13/h3-9H,10-11H2,1-2H3. The molecule has 0 N–H and O–H groups in total. The lowest BCUT2D eigenvalue weighted by Crippen LogP contribution is -2.27. The number of furan rings is 1. The van der Waals surface area contributed by atoms with Crippen LogP contribution in [0.4, 0.5) is 0 Å². The molecule has 0 spiro atoms. The van der Waals surface area contributed by atoms with Gasteiger partial charge in [0.05, 0.1) is 24.3 Å². The molecule has 0 fully saturated rings. The molecule has 1 aliphatic heterocycles. The molecule has 2 aromatic heterocycles. The Morgan fingerprint density at radius 1 is 1.15 bits per heavy atom. The van der Waals surface area contributed by atoms with E-state index in [2.05, 4.69) is 4.98 Å². The van der Waals surface area contributed by atoms with Crippen molar-refractivity contribution in [3.05, 3.63) is 75.7 Å². The van der Waals surface area contributed by atoms with Crippen molar-refractivity contribution in [2.75, 3.05) is 0 Å². The molecule has 3 aromatic rings. The molecule has 26 heavy (non-hydrogen) atoms. The van der Waals surface area contributed by atoms with Gasteiger partial charge in [-0.15, -0.1) is 0 Å². The molecule has 0 saturated carbocycles. The van der Waals surface area contributed by atoms with Gasteiger partial charge >= 0.3 is 0 Å². The second-order valence-corrected chi connectivity index (χ2v) is 6.14. The Bertz CT molecular complexity index is 1040. The highest BCUT2D eigenvalue weighted by molar-refractivity contribution is 5.92. The minimum Gasteiger partial charge on any atom is -0.426 e. The number of hydrogen-bond donors (Lipinski definition) is 0. The lowest BCUT2D eigenvalue weighted by Gasteiger charge is -2.12. The van der Waals surface area contributed by atoms with E-state index in [9.17, 15) is 9.59 Å². The Hall–Kier alpha value is -3.35.